The van der Waals surface area contributed by atoms with E-state index < -0.39 is 0 Å². The van der Waals surface area contributed by atoms with Crippen molar-refractivity contribution in [2.24, 2.45) is 5.92 Å². The summed E-state index contributed by atoms with van der Waals surface area (Å²) in [5.41, 5.74) is 2.20. The molecule has 0 N–H and O–H groups in total. The standard InChI is InChI=1S/C18H21NO4/c1-22-18(21)14-6-9-19(10-7-14)17(20)5-3-13-2-4-16-15(12-13)8-11-23-16/h2-5,12,14H,6-11H2,1H3/b5-3+. The summed E-state index contributed by atoms with van der Waals surface area (Å²) in [5.74, 6) is 0.682. The number of rotatable bonds is 3. The molecule has 0 atom stereocenters. The van der Waals surface area contributed by atoms with Gasteiger partial charge >= 0.3 is 5.97 Å². The largest absolute Gasteiger partial charge is 0.493 e. The average molecular weight is 315 g/mol. The highest BCUT2D eigenvalue weighted by Crippen LogP contribution is 2.26. The van der Waals surface area contributed by atoms with Crippen LogP contribution in [0.5, 0.6) is 5.75 Å². The monoisotopic (exact) mass is 315 g/mol. The van der Waals surface area contributed by atoms with Crippen molar-refractivity contribution in [3.8, 4) is 5.75 Å². The maximum atomic E-state index is 12.2. The van der Waals surface area contributed by atoms with Gasteiger partial charge in [0.05, 0.1) is 19.6 Å². The molecule has 0 aromatic heterocycles. The van der Waals surface area contributed by atoms with Gasteiger partial charge in [0.1, 0.15) is 5.75 Å². The van der Waals surface area contributed by atoms with Crippen LogP contribution in [0.25, 0.3) is 6.08 Å². The van der Waals surface area contributed by atoms with Gasteiger partial charge in [-0.15, -0.1) is 0 Å². The highest BCUT2D eigenvalue weighted by Gasteiger charge is 2.26. The second-order valence-electron chi connectivity index (χ2n) is 5.92. The SMILES string of the molecule is COC(=O)C1CCN(C(=O)/C=C/c2ccc3c(c2)CCO3)CC1. The van der Waals surface area contributed by atoms with Crippen molar-refractivity contribution in [3.05, 3.63) is 35.4 Å². The zero-order chi connectivity index (χ0) is 16.2. The van der Waals surface area contributed by atoms with E-state index in [9.17, 15) is 9.59 Å². The molecule has 0 unspecified atom stereocenters. The summed E-state index contributed by atoms with van der Waals surface area (Å²) in [4.78, 5) is 25.5. The number of hydrogen-bond donors (Lipinski definition) is 0. The molecule has 0 saturated carbocycles. The Labute approximate surface area is 135 Å². The van der Waals surface area contributed by atoms with Gasteiger partial charge in [0.25, 0.3) is 0 Å². The Morgan fingerprint density at radius 1 is 1.30 bits per heavy atom. The molecule has 1 amide bonds. The Balaban J connectivity index is 1.56. The van der Waals surface area contributed by atoms with Crippen LogP contribution >= 0.6 is 0 Å². The molecule has 2 aliphatic heterocycles. The third kappa shape index (κ3) is 3.55. The third-order valence-electron chi connectivity index (χ3n) is 4.47. The number of piperidine rings is 1. The smallest absolute Gasteiger partial charge is 0.308 e. The van der Waals surface area contributed by atoms with Gasteiger partial charge in [-0.25, -0.2) is 0 Å². The van der Waals surface area contributed by atoms with Crippen molar-refractivity contribution < 1.29 is 19.1 Å². The van der Waals surface area contributed by atoms with Gasteiger partial charge in [0.15, 0.2) is 0 Å². The lowest BCUT2D eigenvalue weighted by Gasteiger charge is -2.29. The number of likely N-dealkylation sites (tertiary alicyclic amines) is 1. The predicted molar refractivity (Wildman–Crippen MR) is 86.0 cm³/mol. The highest BCUT2D eigenvalue weighted by atomic mass is 16.5. The van der Waals surface area contributed by atoms with Gasteiger partial charge in [-0.05, 0) is 42.2 Å². The molecule has 0 spiro atoms. The molecule has 5 nitrogen and oxygen atoms in total. The Hall–Kier alpha value is -2.30. The summed E-state index contributed by atoms with van der Waals surface area (Å²) < 4.78 is 10.2. The molecule has 1 aromatic carbocycles. The molecule has 122 valence electrons. The number of amides is 1. The van der Waals surface area contributed by atoms with Crippen molar-refractivity contribution in [1.29, 1.82) is 0 Å². The van der Waals surface area contributed by atoms with Crippen LogP contribution in [-0.4, -0.2) is 43.6 Å². The van der Waals surface area contributed by atoms with E-state index in [-0.39, 0.29) is 17.8 Å². The normalized spacial score (nSPS) is 17.9. The van der Waals surface area contributed by atoms with Crippen LogP contribution in [0, 0.1) is 5.92 Å². The van der Waals surface area contributed by atoms with E-state index in [1.54, 1.807) is 11.0 Å². The molecule has 0 bridgehead atoms. The second-order valence-corrected chi connectivity index (χ2v) is 5.92. The van der Waals surface area contributed by atoms with Crippen LogP contribution in [0.2, 0.25) is 0 Å². The van der Waals surface area contributed by atoms with Crippen LogP contribution in [0.4, 0.5) is 0 Å². The fraction of sp³-hybridized carbons (Fsp3) is 0.444. The average Bonchev–Trinajstić information content (AvgIpc) is 3.06. The topological polar surface area (TPSA) is 55.8 Å². The molecule has 3 rings (SSSR count). The zero-order valence-corrected chi connectivity index (χ0v) is 13.3. The van der Waals surface area contributed by atoms with Crippen molar-refractivity contribution in [2.75, 3.05) is 26.8 Å². The number of hydrogen-bond acceptors (Lipinski definition) is 4. The molecule has 23 heavy (non-hydrogen) atoms. The van der Waals surface area contributed by atoms with Crippen LogP contribution in [0.1, 0.15) is 24.0 Å². The molecule has 1 aromatic rings. The fourth-order valence-electron chi connectivity index (χ4n) is 3.09. The van der Waals surface area contributed by atoms with Crippen molar-refractivity contribution >= 4 is 18.0 Å². The maximum absolute atomic E-state index is 12.2. The second kappa shape index (κ2) is 6.86. The first-order valence-electron chi connectivity index (χ1n) is 7.98. The number of fused-ring (bicyclic) bond motifs is 1. The first kappa shape index (κ1) is 15.6. The van der Waals surface area contributed by atoms with Gasteiger partial charge < -0.3 is 14.4 Å². The number of esters is 1. The van der Waals surface area contributed by atoms with E-state index in [2.05, 4.69) is 6.07 Å². The van der Waals surface area contributed by atoms with E-state index >= 15 is 0 Å². The molecular weight excluding hydrogens is 294 g/mol. The first-order chi connectivity index (χ1) is 11.2. The molecular formula is C18H21NO4. The van der Waals surface area contributed by atoms with E-state index in [0.29, 0.717) is 25.9 Å². The lowest BCUT2D eigenvalue weighted by Crippen LogP contribution is -2.39. The van der Waals surface area contributed by atoms with Crippen LogP contribution < -0.4 is 4.74 Å². The van der Waals surface area contributed by atoms with Gasteiger partial charge in [0.2, 0.25) is 5.91 Å². The number of methoxy groups -OCH3 is 1. The number of nitrogens with zero attached hydrogens (tertiary/aromatic N) is 1. The third-order valence-corrected chi connectivity index (χ3v) is 4.47. The van der Waals surface area contributed by atoms with Crippen LogP contribution in [-0.2, 0) is 20.7 Å². The minimum absolute atomic E-state index is 0.00920. The molecule has 1 saturated heterocycles. The van der Waals surface area contributed by atoms with Crippen molar-refractivity contribution in [1.82, 2.24) is 4.90 Å². The first-order valence-corrected chi connectivity index (χ1v) is 7.98. The van der Waals surface area contributed by atoms with E-state index in [0.717, 1.165) is 24.3 Å². The van der Waals surface area contributed by atoms with Crippen molar-refractivity contribution in [3.63, 3.8) is 0 Å². The molecule has 0 radical (unpaired) electrons. The number of carbonyl (C=O) groups is 2. The summed E-state index contributed by atoms with van der Waals surface area (Å²) in [5, 5.41) is 0. The molecule has 0 aliphatic carbocycles. The Kier molecular flexibility index (Phi) is 4.65. The number of ether oxygens (including phenoxy) is 2. The van der Waals surface area contributed by atoms with Crippen LogP contribution in [0.15, 0.2) is 24.3 Å². The lowest BCUT2D eigenvalue weighted by atomic mass is 9.97. The Bertz CT molecular complexity index is 630. The van der Waals surface area contributed by atoms with Gasteiger partial charge in [-0.3, -0.25) is 9.59 Å². The number of carbonyl (C=O) groups excluding carboxylic acids is 2. The zero-order valence-electron chi connectivity index (χ0n) is 13.3. The summed E-state index contributed by atoms with van der Waals surface area (Å²) >= 11 is 0. The minimum Gasteiger partial charge on any atom is -0.493 e. The van der Waals surface area contributed by atoms with E-state index in [4.69, 9.17) is 9.47 Å². The van der Waals surface area contributed by atoms with E-state index in [1.165, 1.54) is 12.7 Å². The Morgan fingerprint density at radius 3 is 2.83 bits per heavy atom. The number of benzene rings is 1. The van der Waals surface area contributed by atoms with Gasteiger partial charge in [-0.2, -0.15) is 0 Å². The highest BCUT2D eigenvalue weighted by molar-refractivity contribution is 5.92. The van der Waals surface area contributed by atoms with E-state index in [1.807, 2.05) is 18.2 Å². The quantitative estimate of drug-likeness (QED) is 0.633. The van der Waals surface area contributed by atoms with Crippen LogP contribution in [0.3, 0.4) is 0 Å². The van der Waals surface area contributed by atoms with Gasteiger partial charge in [0, 0.05) is 25.6 Å². The maximum Gasteiger partial charge on any atom is 0.308 e. The molecule has 2 aliphatic rings. The molecule has 2 heterocycles. The summed E-state index contributed by atoms with van der Waals surface area (Å²) in [6.07, 6.45) is 5.71. The fourth-order valence-corrected chi connectivity index (χ4v) is 3.09. The van der Waals surface area contributed by atoms with Crippen molar-refractivity contribution in [2.45, 2.75) is 19.3 Å². The minimum atomic E-state index is -0.173. The predicted octanol–water partition coefficient (Wildman–Crippen LogP) is 2.05. The molecule has 5 heteroatoms. The summed E-state index contributed by atoms with van der Waals surface area (Å²) in [7, 11) is 1.41. The summed E-state index contributed by atoms with van der Waals surface area (Å²) in [6, 6.07) is 5.97. The molecule has 1 fully saturated rings. The lowest BCUT2D eigenvalue weighted by molar-refractivity contribution is -0.148. The summed E-state index contributed by atoms with van der Waals surface area (Å²) in [6.45, 7) is 1.93. The Morgan fingerprint density at radius 2 is 2.09 bits per heavy atom. The van der Waals surface area contributed by atoms with Gasteiger partial charge in [-0.1, -0.05) is 6.07 Å².